The predicted molar refractivity (Wildman–Crippen MR) is 83.4 cm³/mol. The molecule has 1 atom stereocenters. The topological polar surface area (TPSA) is 102 Å². The quantitative estimate of drug-likeness (QED) is 0.881. The van der Waals surface area contributed by atoms with Gasteiger partial charge in [0.25, 0.3) is 0 Å². The molecule has 2 aromatic rings. The molecule has 9 heteroatoms. The number of hydrogen-bond donors (Lipinski definition) is 2. The van der Waals surface area contributed by atoms with Crippen molar-refractivity contribution in [1.82, 2.24) is 25.1 Å². The van der Waals surface area contributed by atoms with Gasteiger partial charge in [-0.3, -0.25) is 4.98 Å². The predicted octanol–water partition coefficient (Wildman–Crippen LogP) is 1.87. The molecule has 2 heterocycles. The third-order valence-corrected chi connectivity index (χ3v) is 3.04. The molecule has 0 bridgehead atoms. The van der Waals surface area contributed by atoms with E-state index in [4.69, 9.17) is 16.3 Å². The number of carbonyl (C=O) groups excluding carboxylic acids is 1. The van der Waals surface area contributed by atoms with Gasteiger partial charge in [-0.25, -0.2) is 14.5 Å². The molecule has 124 valence electrons. The van der Waals surface area contributed by atoms with Crippen LogP contribution in [0.1, 0.15) is 32.5 Å². The van der Waals surface area contributed by atoms with Gasteiger partial charge in [0.05, 0.1) is 29.1 Å². The maximum absolute atomic E-state index is 11.9. The first-order chi connectivity index (χ1) is 10.8. The molecule has 8 nitrogen and oxygen atoms in total. The molecule has 0 saturated heterocycles. The molecular weight excluding hydrogens is 322 g/mol. The zero-order chi connectivity index (χ0) is 17.0. The summed E-state index contributed by atoms with van der Waals surface area (Å²) in [5.41, 5.74) is 0.329. The Balaban J connectivity index is 2.22. The van der Waals surface area contributed by atoms with Crippen molar-refractivity contribution in [3.8, 4) is 5.69 Å². The largest absolute Gasteiger partial charge is 0.444 e. The second-order valence-corrected chi connectivity index (χ2v) is 6.19. The summed E-state index contributed by atoms with van der Waals surface area (Å²) < 4.78 is 6.64. The zero-order valence-electron chi connectivity index (χ0n) is 13.0. The van der Waals surface area contributed by atoms with Gasteiger partial charge in [0.2, 0.25) is 0 Å². The number of rotatable bonds is 4. The fourth-order valence-corrected chi connectivity index (χ4v) is 2.00. The van der Waals surface area contributed by atoms with Gasteiger partial charge in [0.1, 0.15) is 18.3 Å². The van der Waals surface area contributed by atoms with E-state index in [-0.39, 0.29) is 6.61 Å². The number of aliphatic hydroxyl groups excluding tert-OH is 1. The van der Waals surface area contributed by atoms with Crippen LogP contribution < -0.4 is 5.32 Å². The van der Waals surface area contributed by atoms with Crippen LogP contribution in [0.25, 0.3) is 5.69 Å². The Hall–Kier alpha value is -2.19. The minimum Gasteiger partial charge on any atom is -0.444 e. The lowest BCUT2D eigenvalue weighted by molar-refractivity contribution is 0.0480. The Kier molecular flexibility index (Phi) is 5.17. The van der Waals surface area contributed by atoms with Gasteiger partial charge in [-0.2, -0.15) is 5.10 Å². The van der Waals surface area contributed by atoms with E-state index < -0.39 is 17.7 Å². The number of amides is 1. The molecule has 0 aliphatic rings. The number of hydrogen-bond acceptors (Lipinski definition) is 6. The summed E-state index contributed by atoms with van der Waals surface area (Å²) in [6, 6.07) is 0.888. The van der Waals surface area contributed by atoms with Crippen molar-refractivity contribution in [3.63, 3.8) is 0 Å². The molecule has 0 unspecified atom stereocenters. The van der Waals surface area contributed by atoms with Crippen LogP contribution in [-0.4, -0.2) is 43.2 Å². The van der Waals surface area contributed by atoms with Crippen molar-refractivity contribution in [2.24, 2.45) is 0 Å². The van der Waals surface area contributed by atoms with E-state index in [1.807, 2.05) is 0 Å². The number of carbonyl (C=O) groups is 1. The van der Waals surface area contributed by atoms with E-state index in [1.54, 1.807) is 26.8 Å². The number of aromatic nitrogens is 4. The number of alkyl carbamates (subject to hydrolysis) is 1. The second-order valence-electron chi connectivity index (χ2n) is 5.78. The van der Waals surface area contributed by atoms with Crippen molar-refractivity contribution in [3.05, 3.63) is 35.6 Å². The number of nitrogens with one attached hydrogen (secondary N) is 1. The number of nitrogens with zero attached hydrogens (tertiary/aromatic N) is 4. The van der Waals surface area contributed by atoms with Crippen LogP contribution in [-0.2, 0) is 4.74 Å². The van der Waals surface area contributed by atoms with Crippen LogP contribution in [0.4, 0.5) is 4.79 Å². The van der Waals surface area contributed by atoms with Crippen molar-refractivity contribution >= 4 is 17.7 Å². The van der Waals surface area contributed by atoms with Gasteiger partial charge >= 0.3 is 6.09 Å². The minimum atomic E-state index is -0.732. The van der Waals surface area contributed by atoms with Gasteiger partial charge in [-0.1, -0.05) is 11.6 Å². The number of pyridine rings is 1. The van der Waals surface area contributed by atoms with Gasteiger partial charge in [-0.05, 0) is 26.8 Å². The molecular formula is C14H18ClN5O3. The highest BCUT2D eigenvalue weighted by Crippen LogP contribution is 2.22. The van der Waals surface area contributed by atoms with E-state index in [0.717, 1.165) is 0 Å². The van der Waals surface area contributed by atoms with Crippen LogP contribution in [0.15, 0.2) is 24.9 Å². The summed E-state index contributed by atoms with van der Waals surface area (Å²) >= 11 is 6.10. The summed E-state index contributed by atoms with van der Waals surface area (Å²) in [7, 11) is 0. The van der Waals surface area contributed by atoms with E-state index in [0.29, 0.717) is 16.4 Å². The standard InChI is InChI=1S/C14H18ClN5O3/c1-14(2,3)23-13(22)19-11(6-21)10-4-12(9(15)5-17-10)20-8-16-7-18-20/h4-5,7-8,11,21H,6H2,1-3H3,(H,19,22)/t11-/m1/s1. The second kappa shape index (κ2) is 6.93. The zero-order valence-corrected chi connectivity index (χ0v) is 13.8. The van der Waals surface area contributed by atoms with Crippen molar-refractivity contribution in [2.45, 2.75) is 32.4 Å². The normalized spacial score (nSPS) is 12.7. The van der Waals surface area contributed by atoms with E-state index in [9.17, 15) is 9.90 Å². The lowest BCUT2D eigenvalue weighted by atomic mass is 10.2. The maximum Gasteiger partial charge on any atom is 0.408 e. The summed E-state index contributed by atoms with van der Waals surface area (Å²) in [6.45, 7) is 4.92. The Morgan fingerprint density at radius 2 is 2.26 bits per heavy atom. The van der Waals surface area contributed by atoms with Gasteiger partial charge in [-0.15, -0.1) is 0 Å². The first kappa shape index (κ1) is 17.2. The average Bonchev–Trinajstić information content (AvgIpc) is 2.97. The minimum absolute atomic E-state index is 0.343. The Morgan fingerprint density at radius 3 is 2.83 bits per heavy atom. The molecule has 2 aromatic heterocycles. The molecule has 23 heavy (non-hydrogen) atoms. The summed E-state index contributed by atoms with van der Waals surface area (Å²) in [4.78, 5) is 19.9. The maximum atomic E-state index is 11.9. The highest BCUT2D eigenvalue weighted by Gasteiger charge is 2.21. The smallest absolute Gasteiger partial charge is 0.408 e. The highest BCUT2D eigenvalue weighted by molar-refractivity contribution is 6.32. The van der Waals surface area contributed by atoms with Crippen LogP contribution in [0.3, 0.4) is 0 Å². The Morgan fingerprint density at radius 1 is 1.52 bits per heavy atom. The van der Waals surface area contributed by atoms with E-state index in [1.165, 1.54) is 23.5 Å². The molecule has 2 rings (SSSR count). The van der Waals surface area contributed by atoms with Gasteiger partial charge in [0, 0.05) is 6.20 Å². The number of ether oxygens (including phenoxy) is 1. The third-order valence-electron chi connectivity index (χ3n) is 2.75. The average molecular weight is 340 g/mol. The highest BCUT2D eigenvalue weighted by atomic mass is 35.5. The fraction of sp³-hybridized carbons (Fsp3) is 0.429. The molecule has 2 N–H and O–H groups in total. The first-order valence-corrected chi connectivity index (χ1v) is 7.29. The van der Waals surface area contributed by atoms with Crippen LogP contribution in [0, 0.1) is 0 Å². The molecule has 0 aliphatic heterocycles. The van der Waals surface area contributed by atoms with Gasteiger partial charge in [0.15, 0.2) is 0 Å². The lowest BCUT2D eigenvalue weighted by Crippen LogP contribution is -2.36. The fourth-order valence-electron chi connectivity index (χ4n) is 1.81. The number of aliphatic hydroxyl groups is 1. The molecule has 0 fully saturated rings. The molecule has 0 saturated carbocycles. The lowest BCUT2D eigenvalue weighted by Gasteiger charge is -2.22. The molecule has 0 aliphatic carbocycles. The SMILES string of the molecule is CC(C)(C)OC(=O)N[C@H](CO)c1cc(-n2cncn2)c(Cl)cn1. The molecule has 1 amide bonds. The monoisotopic (exact) mass is 339 g/mol. The van der Waals surface area contributed by atoms with E-state index in [2.05, 4.69) is 20.4 Å². The van der Waals surface area contributed by atoms with Crippen molar-refractivity contribution in [2.75, 3.05) is 6.61 Å². The third kappa shape index (κ3) is 4.64. The van der Waals surface area contributed by atoms with Crippen LogP contribution in [0.2, 0.25) is 5.02 Å². The molecule has 0 radical (unpaired) electrons. The summed E-state index contributed by atoms with van der Waals surface area (Å²) in [5.74, 6) is 0. The van der Waals surface area contributed by atoms with Crippen LogP contribution >= 0.6 is 11.6 Å². The van der Waals surface area contributed by atoms with Crippen LogP contribution in [0.5, 0.6) is 0 Å². The van der Waals surface area contributed by atoms with E-state index >= 15 is 0 Å². The van der Waals surface area contributed by atoms with Crippen molar-refractivity contribution < 1.29 is 14.6 Å². The van der Waals surface area contributed by atoms with Crippen molar-refractivity contribution in [1.29, 1.82) is 0 Å². The molecule has 0 aromatic carbocycles. The first-order valence-electron chi connectivity index (χ1n) is 6.91. The summed E-state index contributed by atoms with van der Waals surface area (Å²) in [5, 5.41) is 16.5. The number of halogens is 1. The van der Waals surface area contributed by atoms with Gasteiger partial charge < -0.3 is 15.2 Å². The Labute approximate surface area is 138 Å². The summed E-state index contributed by atoms with van der Waals surface area (Å²) in [6.07, 6.45) is 3.64. The Bertz CT molecular complexity index is 670. The molecule has 0 spiro atoms.